The second-order valence-corrected chi connectivity index (χ2v) is 5.91. The number of oxazole rings is 1. The van der Waals surface area contributed by atoms with Gasteiger partial charge in [0.15, 0.2) is 5.76 Å². The zero-order valence-corrected chi connectivity index (χ0v) is 14.3. The fourth-order valence-corrected chi connectivity index (χ4v) is 2.90. The van der Waals surface area contributed by atoms with Crippen LogP contribution in [0, 0.1) is 0 Å². The molecule has 1 amide bonds. The Hall–Kier alpha value is -3.86. The summed E-state index contributed by atoms with van der Waals surface area (Å²) in [5.74, 6) is -0.379. The number of nitrogens with zero attached hydrogens (tertiary/aromatic N) is 1. The Balaban J connectivity index is 1.88. The van der Waals surface area contributed by atoms with Crippen LogP contribution >= 0.6 is 0 Å². The van der Waals surface area contributed by atoms with E-state index in [1.165, 1.54) is 0 Å². The molecule has 1 N–H and O–H groups in total. The monoisotopic (exact) mass is 356 g/mol. The number of amides is 1. The molecule has 0 fully saturated rings. The molecule has 5 heteroatoms. The summed E-state index contributed by atoms with van der Waals surface area (Å²) in [7, 11) is 0. The number of hydrogen-bond acceptors (Lipinski definition) is 3. The van der Waals surface area contributed by atoms with Gasteiger partial charge in [0.2, 0.25) is 0 Å². The number of rotatable bonds is 3. The van der Waals surface area contributed by atoms with Gasteiger partial charge in [-0.1, -0.05) is 78.9 Å². The smallest absolute Gasteiger partial charge is 0.407 e. The average Bonchev–Trinajstić information content (AvgIpc) is 3.07. The molecule has 0 radical (unpaired) electrons. The lowest BCUT2D eigenvalue weighted by molar-refractivity contribution is 0.252. The fraction of sp³-hybridized carbons (Fsp3) is 0. The number of para-hydroxylation sites is 1. The number of nitrogens with one attached hydrogen (secondary N) is 1. The van der Waals surface area contributed by atoms with Gasteiger partial charge >= 0.3 is 11.8 Å². The summed E-state index contributed by atoms with van der Waals surface area (Å²) in [6, 6.07) is 26.9. The Morgan fingerprint density at radius 3 is 1.85 bits per heavy atom. The molecule has 1 aromatic heterocycles. The number of hydrogen-bond donors (Lipinski definition) is 1. The second kappa shape index (κ2) is 7.17. The maximum atomic E-state index is 12.9. The summed E-state index contributed by atoms with van der Waals surface area (Å²) in [6.07, 6.45) is 0. The molecule has 27 heavy (non-hydrogen) atoms. The van der Waals surface area contributed by atoms with Gasteiger partial charge in [0.1, 0.15) is 5.69 Å². The summed E-state index contributed by atoms with van der Waals surface area (Å²) in [5, 5.41) is 2.74. The fourth-order valence-electron chi connectivity index (χ4n) is 2.90. The second-order valence-electron chi connectivity index (χ2n) is 5.91. The highest BCUT2D eigenvalue weighted by molar-refractivity contribution is 5.95. The van der Waals surface area contributed by atoms with Gasteiger partial charge in [-0.2, -0.15) is 4.57 Å². The van der Waals surface area contributed by atoms with Gasteiger partial charge in [-0.05, 0) is 12.1 Å². The summed E-state index contributed by atoms with van der Waals surface area (Å²) in [6.45, 7) is 0. The molecule has 0 aliphatic heterocycles. The summed E-state index contributed by atoms with van der Waals surface area (Å²) in [4.78, 5) is 25.4. The molecule has 0 saturated carbocycles. The maximum absolute atomic E-state index is 12.9. The van der Waals surface area contributed by atoms with Gasteiger partial charge in [0, 0.05) is 16.8 Å². The molecule has 132 valence electrons. The highest BCUT2D eigenvalue weighted by atomic mass is 16.4. The van der Waals surface area contributed by atoms with E-state index in [1.54, 1.807) is 24.3 Å². The molecule has 4 aromatic rings. The first-order chi connectivity index (χ1) is 13.2. The molecule has 4 rings (SSSR count). The minimum atomic E-state index is -0.735. The highest BCUT2D eigenvalue weighted by Gasteiger charge is 2.24. The zero-order chi connectivity index (χ0) is 18.6. The molecule has 0 atom stereocenters. The molecule has 0 aliphatic carbocycles. The number of carbonyl (C=O) groups is 1. The van der Waals surface area contributed by atoms with Gasteiger partial charge in [-0.25, -0.2) is 9.59 Å². The Morgan fingerprint density at radius 1 is 0.741 bits per heavy atom. The summed E-state index contributed by atoms with van der Waals surface area (Å²) < 4.78 is 6.52. The zero-order valence-electron chi connectivity index (χ0n) is 14.3. The lowest BCUT2D eigenvalue weighted by Crippen LogP contribution is -2.28. The van der Waals surface area contributed by atoms with E-state index in [0.29, 0.717) is 22.7 Å². The lowest BCUT2D eigenvalue weighted by Gasteiger charge is -2.09. The number of benzene rings is 3. The van der Waals surface area contributed by atoms with Crippen molar-refractivity contribution in [1.82, 2.24) is 4.57 Å². The van der Waals surface area contributed by atoms with E-state index in [-0.39, 0.29) is 0 Å². The van der Waals surface area contributed by atoms with Crippen molar-refractivity contribution in [3.63, 3.8) is 0 Å². The number of anilines is 1. The molecule has 3 aromatic carbocycles. The normalized spacial score (nSPS) is 10.5. The van der Waals surface area contributed by atoms with Crippen LogP contribution in [0.25, 0.3) is 22.6 Å². The van der Waals surface area contributed by atoms with E-state index in [0.717, 1.165) is 10.1 Å². The maximum Gasteiger partial charge on any atom is 0.428 e. The Kier molecular flexibility index (Phi) is 4.41. The molecule has 0 spiro atoms. The Morgan fingerprint density at radius 2 is 1.26 bits per heavy atom. The third kappa shape index (κ3) is 3.30. The quantitative estimate of drug-likeness (QED) is 0.570. The molecule has 0 unspecified atom stereocenters. The van der Waals surface area contributed by atoms with Crippen molar-refractivity contribution in [2.45, 2.75) is 0 Å². The third-order valence-corrected chi connectivity index (χ3v) is 4.12. The highest BCUT2D eigenvalue weighted by Crippen LogP contribution is 2.31. The van der Waals surface area contributed by atoms with E-state index in [1.807, 2.05) is 66.7 Å². The topological polar surface area (TPSA) is 64.2 Å². The van der Waals surface area contributed by atoms with E-state index in [9.17, 15) is 9.59 Å². The average molecular weight is 356 g/mol. The molecule has 0 bridgehead atoms. The van der Waals surface area contributed by atoms with Crippen molar-refractivity contribution < 1.29 is 9.21 Å². The van der Waals surface area contributed by atoms with Crippen LogP contribution in [0.5, 0.6) is 0 Å². The first kappa shape index (κ1) is 16.6. The van der Waals surface area contributed by atoms with Crippen LogP contribution in [0.4, 0.5) is 10.5 Å². The van der Waals surface area contributed by atoms with E-state index < -0.39 is 11.8 Å². The number of carbonyl (C=O) groups excluding carboxylic acids is 1. The largest absolute Gasteiger partial charge is 0.428 e. The lowest BCUT2D eigenvalue weighted by atomic mass is 10.1. The molecule has 1 heterocycles. The first-order valence-electron chi connectivity index (χ1n) is 8.47. The molecular formula is C22H16N2O3. The SMILES string of the molecule is O=C(Nc1ccccc1)n1c(-c2ccccc2)c(-c2ccccc2)oc1=O. The standard InChI is InChI=1S/C22H16N2O3/c25-21(23-18-14-8-3-9-15-18)24-19(16-10-4-1-5-11-16)20(27-22(24)26)17-12-6-2-7-13-17/h1-15H,(H,23,25). The van der Waals surface area contributed by atoms with Crippen molar-refractivity contribution in [1.29, 1.82) is 0 Å². The van der Waals surface area contributed by atoms with E-state index >= 15 is 0 Å². The molecular weight excluding hydrogens is 340 g/mol. The molecule has 0 saturated heterocycles. The molecule has 0 aliphatic rings. The summed E-state index contributed by atoms with van der Waals surface area (Å²) >= 11 is 0. The van der Waals surface area contributed by atoms with Crippen molar-refractivity contribution in [3.8, 4) is 22.6 Å². The van der Waals surface area contributed by atoms with Gasteiger partial charge in [0.05, 0.1) is 0 Å². The van der Waals surface area contributed by atoms with Crippen LogP contribution in [0.3, 0.4) is 0 Å². The van der Waals surface area contributed by atoms with Gasteiger partial charge < -0.3 is 9.73 Å². The van der Waals surface area contributed by atoms with Crippen molar-refractivity contribution >= 4 is 11.7 Å². The first-order valence-corrected chi connectivity index (χ1v) is 8.47. The van der Waals surface area contributed by atoms with E-state index in [4.69, 9.17) is 4.42 Å². The van der Waals surface area contributed by atoms with Crippen LogP contribution in [0.2, 0.25) is 0 Å². The van der Waals surface area contributed by atoms with Crippen LogP contribution in [0.15, 0.2) is 100 Å². The van der Waals surface area contributed by atoms with Gasteiger partial charge in [-0.3, -0.25) is 0 Å². The minimum absolute atomic E-state index is 0.356. The Labute approximate surface area is 155 Å². The van der Waals surface area contributed by atoms with Crippen LogP contribution in [0.1, 0.15) is 0 Å². The van der Waals surface area contributed by atoms with Gasteiger partial charge in [-0.15, -0.1) is 0 Å². The predicted octanol–water partition coefficient (Wildman–Crippen LogP) is 4.86. The van der Waals surface area contributed by atoms with Crippen molar-refractivity contribution in [3.05, 3.63) is 102 Å². The van der Waals surface area contributed by atoms with Crippen molar-refractivity contribution in [2.24, 2.45) is 0 Å². The number of aromatic nitrogens is 1. The minimum Gasteiger partial charge on any atom is -0.407 e. The van der Waals surface area contributed by atoms with Crippen molar-refractivity contribution in [2.75, 3.05) is 5.32 Å². The van der Waals surface area contributed by atoms with Crippen LogP contribution in [-0.2, 0) is 0 Å². The molecule has 5 nitrogen and oxygen atoms in total. The third-order valence-electron chi connectivity index (χ3n) is 4.12. The van der Waals surface area contributed by atoms with Gasteiger partial charge in [0.25, 0.3) is 0 Å². The predicted molar refractivity (Wildman–Crippen MR) is 105 cm³/mol. The Bertz CT molecular complexity index is 1110. The summed E-state index contributed by atoms with van der Waals surface area (Å²) in [5.41, 5.74) is 2.45. The van der Waals surface area contributed by atoms with Crippen LogP contribution < -0.4 is 11.1 Å². The van der Waals surface area contributed by atoms with Crippen LogP contribution in [-0.4, -0.2) is 10.6 Å². The van der Waals surface area contributed by atoms with E-state index in [2.05, 4.69) is 5.32 Å².